The van der Waals surface area contributed by atoms with Crippen LogP contribution < -0.4 is 0 Å². The fourth-order valence-corrected chi connectivity index (χ4v) is 3.36. The molecule has 1 aromatic rings. The summed E-state index contributed by atoms with van der Waals surface area (Å²) in [6, 6.07) is 8.83. The smallest absolute Gasteiger partial charge is 0.338 e. The predicted molar refractivity (Wildman–Crippen MR) is 171 cm³/mol. The quantitative estimate of drug-likeness (QED) is 0.0793. The van der Waals surface area contributed by atoms with Gasteiger partial charge in [0, 0.05) is 0 Å². The molecule has 0 fully saturated rings. The highest BCUT2D eigenvalue weighted by atomic mass is 16.6. The Labute approximate surface area is 279 Å². The maximum absolute atomic E-state index is 11.8. The first-order chi connectivity index (χ1) is 22.9. The van der Waals surface area contributed by atoms with Gasteiger partial charge in [0.1, 0.15) is 18.8 Å². The first-order valence-corrected chi connectivity index (χ1v) is 16.1. The lowest BCUT2D eigenvalue weighted by Crippen LogP contribution is -2.27. The molecular formula is C33H56O14. The summed E-state index contributed by atoms with van der Waals surface area (Å²) in [4.78, 5) is 23.3. The van der Waals surface area contributed by atoms with Crippen LogP contribution in [0.15, 0.2) is 30.3 Å². The predicted octanol–water partition coefficient (Wildman–Crippen LogP) is 2.35. The van der Waals surface area contributed by atoms with E-state index in [0.29, 0.717) is 131 Å². The van der Waals surface area contributed by atoms with Gasteiger partial charge in [-0.25, -0.2) is 9.59 Å². The lowest BCUT2D eigenvalue weighted by atomic mass is 10.2. The lowest BCUT2D eigenvalue weighted by Gasteiger charge is -2.19. The molecule has 0 N–H and O–H groups in total. The molecule has 0 atom stereocenters. The van der Waals surface area contributed by atoms with Gasteiger partial charge in [-0.3, -0.25) is 0 Å². The van der Waals surface area contributed by atoms with Crippen molar-refractivity contribution in [3.8, 4) is 0 Å². The zero-order valence-electron chi connectivity index (χ0n) is 28.5. The summed E-state index contributed by atoms with van der Waals surface area (Å²) in [5.41, 5.74) is 0.00683. The second kappa shape index (κ2) is 31.1. The highest BCUT2D eigenvalue weighted by Crippen LogP contribution is 2.06. The van der Waals surface area contributed by atoms with E-state index in [1.165, 1.54) is 0 Å². The average Bonchev–Trinajstić information content (AvgIpc) is 3.04. The van der Waals surface area contributed by atoms with Crippen molar-refractivity contribution in [1.82, 2.24) is 0 Å². The van der Waals surface area contributed by atoms with Crippen LogP contribution >= 0.6 is 0 Å². The van der Waals surface area contributed by atoms with Gasteiger partial charge >= 0.3 is 11.9 Å². The zero-order chi connectivity index (χ0) is 34.1. The lowest BCUT2D eigenvalue weighted by molar-refractivity contribution is -0.160. The third-order valence-electron chi connectivity index (χ3n) is 5.46. The van der Waals surface area contributed by atoms with Gasteiger partial charge in [0.15, 0.2) is 0 Å². The van der Waals surface area contributed by atoms with Gasteiger partial charge in [-0.15, -0.1) is 0 Å². The van der Waals surface area contributed by atoms with Crippen LogP contribution in [0.2, 0.25) is 0 Å². The first-order valence-electron chi connectivity index (χ1n) is 16.1. The molecule has 0 radical (unpaired) electrons. The molecular weight excluding hydrogens is 620 g/mol. The van der Waals surface area contributed by atoms with Crippen molar-refractivity contribution in [2.24, 2.45) is 0 Å². The third-order valence-corrected chi connectivity index (χ3v) is 5.46. The van der Waals surface area contributed by atoms with Crippen molar-refractivity contribution < 1.29 is 66.4 Å². The van der Waals surface area contributed by atoms with Crippen LogP contribution in [0.3, 0.4) is 0 Å². The molecule has 0 aromatic heterocycles. The fraction of sp³-hybridized carbons (Fsp3) is 0.758. The molecule has 14 heteroatoms. The number of hydrogen-bond donors (Lipinski definition) is 0. The molecule has 0 bridgehead atoms. The summed E-state index contributed by atoms with van der Waals surface area (Å²) in [7, 11) is 0. The van der Waals surface area contributed by atoms with Gasteiger partial charge in [-0.05, 0) is 32.9 Å². The first kappa shape index (κ1) is 42.8. The Hall–Kier alpha value is -2.24. The van der Waals surface area contributed by atoms with Crippen molar-refractivity contribution >= 4 is 11.9 Å². The molecule has 0 saturated carbocycles. The number of carbonyl (C=O) groups is 2. The molecule has 0 heterocycles. The van der Waals surface area contributed by atoms with Crippen LogP contribution in [0.4, 0.5) is 0 Å². The number of carbonyl (C=O) groups excluding carboxylic acids is 2. The molecule has 0 aliphatic carbocycles. The van der Waals surface area contributed by atoms with E-state index in [2.05, 4.69) is 0 Å². The second-order valence-corrected chi connectivity index (χ2v) is 10.7. The number of rotatable bonds is 33. The minimum absolute atomic E-state index is 0.0874. The molecule has 0 aliphatic heterocycles. The maximum Gasteiger partial charge on any atom is 0.338 e. The van der Waals surface area contributed by atoms with E-state index in [1.54, 1.807) is 24.3 Å². The molecule has 0 unspecified atom stereocenters. The Morgan fingerprint density at radius 2 is 0.745 bits per heavy atom. The molecule has 272 valence electrons. The van der Waals surface area contributed by atoms with Crippen molar-refractivity contribution in [2.75, 3.05) is 139 Å². The molecule has 0 spiro atoms. The number of hydrogen-bond acceptors (Lipinski definition) is 14. The van der Waals surface area contributed by atoms with E-state index in [9.17, 15) is 9.59 Å². The van der Waals surface area contributed by atoms with Gasteiger partial charge in [-0.1, -0.05) is 18.2 Å². The van der Waals surface area contributed by atoms with Crippen LogP contribution in [-0.4, -0.2) is 156 Å². The van der Waals surface area contributed by atoms with Crippen molar-refractivity contribution in [1.29, 1.82) is 0 Å². The topological polar surface area (TPSA) is 145 Å². The molecule has 47 heavy (non-hydrogen) atoms. The van der Waals surface area contributed by atoms with Crippen molar-refractivity contribution in [3.05, 3.63) is 35.9 Å². The maximum atomic E-state index is 11.8. The van der Waals surface area contributed by atoms with E-state index in [4.69, 9.17) is 56.8 Å². The Bertz CT molecular complexity index is 849. The van der Waals surface area contributed by atoms with Crippen LogP contribution in [-0.2, 0) is 61.6 Å². The standard InChI is InChI=1S/C33H56O14/c1-33(2,3)47-31(34)29-45-26-25-43-22-21-41-18-17-39-14-13-37-10-9-36-11-12-38-15-16-40-19-20-42-23-24-44-27-28-46-32(35)30-7-5-4-6-8-30/h4-8H,9-29H2,1-3H3. The largest absolute Gasteiger partial charge is 0.460 e. The van der Waals surface area contributed by atoms with Gasteiger partial charge in [0.05, 0.1) is 131 Å². The summed E-state index contributed by atoms with van der Waals surface area (Å²) in [6.07, 6.45) is 0. The monoisotopic (exact) mass is 676 g/mol. The number of esters is 2. The van der Waals surface area contributed by atoms with Crippen molar-refractivity contribution in [2.45, 2.75) is 26.4 Å². The van der Waals surface area contributed by atoms with E-state index in [1.807, 2.05) is 26.8 Å². The molecule has 0 amide bonds. The van der Waals surface area contributed by atoms with Gasteiger partial charge in [-0.2, -0.15) is 0 Å². The Kier molecular flexibility index (Phi) is 28.3. The Morgan fingerprint density at radius 3 is 1.06 bits per heavy atom. The summed E-state index contributed by atoms with van der Waals surface area (Å²) >= 11 is 0. The van der Waals surface area contributed by atoms with Crippen LogP contribution in [0, 0.1) is 0 Å². The highest BCUT2D eigenvalue weighted by Gasteiger charge is 2.15. The molecule has 1 rings (SSSR count). The molecule has 0 aliphatic rings. The minimum Gasteiger partial charge on any atom is -0.460 e. The van der Waals surface area contributed by atoms with Crippen LogP contribution in [0.25, 0.3) is 0 Å². The van der Waals surface area contributed by atoms with Crippen LogP contribution in [0.5, 0.6) is 0 Å². The van der Waals surface area contributed by atoms with Crippen molar-refractivity contribution in [3.63, 3.8) is 0 Å². The fourth-order valence-electron chi connectivity index (χ4n) is 3.36. The van der Waals surface area contributed by atoms with E-state index < -0.39 is 11.6 Å². The number of benzene rings is 1. The average molecular weight is 677 g/mol. The number of ether oxygens (including phenoxy) is 12. The summed E-state index contributed by atoms with van der Waals surface area (Å²) in [5.74, 6) is -0.751. The molecule has 0 saturated heterocycles. The normalized spacial score (nSPS) is 11.6. The van der Waals surface area contributed by atoms with E-state index in [-0.39, 0.29) is 19.2 Å². The molecule has 1 aromatic carbocycles. The van der Waals surface area contributed by atoms with Crippen LogP contribution in [0.1, 0.15) is 31.1 Å². The van der Waals surface area contributed by atoms with Gasteiger partial charge in [0.2, 0.25) is 0 Å². The minimum atomic E-state index is -0.515. The Balaban J connectivity index is 1.66. The third kappa shape index (κ3) is 30.8. The second-order valence-electron chi connectivity index (χ2n) is 10.7. The summed E-state index contributed by atoms with van der Waals surface area (Å²) in [5, 5.41) is 0. The van der Waals surface area contributed by atoms with Gasteiger partial charge in [0.25, 0.3) is 0 Å². The SMILES string of the molecule is CC(C)(C)OC(=O)COCCOCCOCCOCCOCCOCCOCCOCCOCCOCCOC(=O)c1ccccc1. The zero-order valence-corrected chi connectivity index (χ0v) is 28.5. The summed E-state index contributed by atoms with van der Waals surface area (Å²) < 4.78 is 64.4. The van der Waals surface area contributed by atoms with E-state index in [0.717, 1.165) is 0 Å². The Morgan fingerprint density at radius 1 is 0.447 bits per heavy atom. The van der Waals surface area contributed by atoms with E-state index >= 15 is 0 Å². The molecule has 14 nitrogen and oxygen atoms in total. The summed E-state index contributed by atoms with van der Waals surface area (Å²) in [6.45, 7) is 14.0. The van der Waals surface area contributed by atoms with Gasteiger partial charge < -0.3 is 56.8 Å². The highest BCUT2D eigenvalue weighted by molar-refractivity contribution is 5.89.